The maximum atomic E-state index is 5.55. The fourth-order valence-electron chi connectivity index (χ4n) is 1.47. The van der Waals surface area contributed by atoms with Crippen LogP contribution in [0.15, 0.2) is 12.1 Å². The zero-order chi connectivity index (χ0) is 13.1. The molecule has 5 heteroatoms. The van der Waals surface area contributed by atoms with Gasteiger partial charge in [0.25, 0.3) is 0 Å². The van der Waals surface area contributed by atoms with Crippen LogP contribution in [0.1, 0.15) is 16.2 Å². The molecule has 1 heterocycles. The molecule has 0 amide bonds. The van der Waals surface area contributed by atoms with Gasteiger partial charge >= 0.3 is 0 Å². The van der Waals surface area contributed by atoms with E-state index in [0.29, 0.717) is 19.8 Å². The predicted molar refractivity (Wildman–Crippen MR) is 74.1 cm³/mol. The van der Waals surface area contributed by atoms with Gasteiger partial charge in [0.05, 0.1) is 19.8 Å². The van der Waals surface area contributed by atoms with Crippen LogP contribution in [-0.2, 0) is 27.4 Å². The van der Waals surface area contributed by atoms with Gasteiger partial charge in [0.15, 0.2) is 0 Å². The monoisotopic (exact) mass is 273 g/mol. The van der Waals surface area contributed by atoms with E-state index < -0.39 is 0 Å². The zero-order valence-corrected chi connectivity index (χ0v) is 12.1. The molecule has 0 radical (unpaired) electrons. The Balaban J connectivity index is 1.96. The van der Waals surface area contributed by atoms with E-state index in [1.807, 2.05) is 7.05 Å². The van der Waals surface area contributed by atoms with Gasteiger partial charge in [-0.3, -0.25) is 0 Å². The molecule has 1 rings (SSSR count). The average molecular weight is 273 g/mol. The van der Waals surface area contributed by atoms with E-state index in [1.54, 1.807) is 18.4 Å². The summed E-state index contributed by atoms with van der Waals surface area (Å²) < 4.78 is 15.9. The highest BCUT2D eigenvalue weighted by molar-refractivity contribution is 7.11. The number of methoxy groups -OCH3 is 1. The number of nitrogens with one attached hydrogen (secondary N) is 1. The summed E-state index contributed by atoms with van der Waals surface area (Å²) in [6, 6.07) is 4.26. The molecule has 0 saturated heterocycles. The van der Waals surface area contributed by atoms with Crippen LogP contribution in [-0.4, -0.2) is 40.6 Å². The van der Waals surface area contributed by atoms with Crippen molar-refractivity contribution in [2.24, 2.45) is 0 Å². The van der Waals surface area contributed by atoms with Crippen LogP contribution in [0.2, 0.25) is 0 Å². The number of hydrogen-bond donors (Lipinski definition) is 1. The van der Waals surface area contributed by atoms with E-state index in [1.165, 1.54) is 9.75 Å². The van der Waals surface area contributed by atoms with E-state index in [2.05, 4.69) is 17.4 Å². The van der Waals surface area contributed by atoms with Crippen molar-refractivity contribution in [1.29, 1.82) is 0 Å². The Hall–Kier alpha value is -0.460. The van der Waals surface area contributed by atoms with Gasteiger partial charge in [-0.1, -0.05) is 0 Å². The molecule has 0 aliphatic rings. The van der Waals surface area contributed by atoms with E-state index in [-0.39, 0.29) is 0 Å². The summed E-state index contributed by atoms with van der Waals surface area (Å²) in [5, 5.41) is 3.14. The molecule has 0 fully saturated rings. The topological polar surface area (TPSA) is 39.7 Å². The Morgan fingerprint density at radius 1 is 1.06 bits per heavy atom. The average Bonchev–Trinajstić information content (AvgIpc) is 2.81. The summed E-state index contributed by atoms with van der Waals surface area (Å²) in [6.07, 6.45) is 0.939. The summed E-state index contributed by atoms with van der Waals surface area (Å²) in [5.74, 6) is 0. The Labute approximate surface area is 113 Å². The van der Waals surface area contributed by atoms with Crippen LogP contribution in [0, 0.1) is 0 Å². The second-order valence-electron chi connectivity index (χ2n) is 3.91. The molecular formula is C13H23NO3S. The van der Waals surface area contributed by atoms with E-state index in [0.717, 1.165) is 26.2 Å². The second kappa shape index (κ2) is 10.5. The van der Waals surface area contributed by atoms with Crippen molar-refractivity contribution in [2.75, 3.05) is 40.6 Å². The fraction of sp³-hybridized carbons (Fsp3) is 0.692. The molecule has 0 bridgehead atoms. The maximum Gasteiger partial charge on any atom is 0.0810 e. The molecule has 0 spiro atoms. The highest BCUT2D eigenvalue weighted by Gasteiger charge is 1.99. The van der Waals surface area contributed by atoms with Crippen molar-refractivity contribution >= 4 is 11.3 Å². The lowest BCUT2D eigenvalue weighted by atomic mass is 10.4. The van der Waals surface area contributed by atoms with Crippen LogP contribution in [0.3, 0.4) is 0 Å². The highest BCUT2D eigenvalue weighted by Crippen LogP contribution is 2.16. The molecule has 0 aliphatic carbocycles. The van der Waals surface area contributed by atoms with Gasteiger partial charge in [0.2, 0.25) is 0 Å². The largest absolute Gasteiger partial charge is 0.385 e. The van der Waals surface area contributed by atoms with Crippen LogP contribution in [0.5, 0.6) is 0 Å². The van der Waals surface area contributed by atoms with Crippen molar-refractivity contribution in [3.63, 3.8) is 0 Å². The molecule has 4 nitrogen and oxygen atoms in total. The lowest BCUT2D eigenvalue weighted by molar-refractivity contribution is 0.0344. The minimum Gasteiger partial charge on any atom is -0.385 e. The third-order valence-electron chi connectivity index (χ3n) is 2.32. The van der Waals surface area contributed by atoms with Crippen molar-refractivity contribution in [3.8, 4) is 0 Å². The lowest BCUT2D eigenvalue weighted by Crippen LogP contribution is -2.06. The van der Waals surface area contributed by atoms with Gasteiger partial charge in [-0.25, -0.2) is 0 Å². The Morgan fingerprint density at radius 3 is 2.61 bits per heavy atom. The van der Waals surface area contributed by atoms with Crippen molar-refractivity contribution < 1.29 is 14.2 Å². The molecule has 0 unspecified atom stereocenters. The smallest absolute Gasteiger partial charge is 0.0810 e. The van der Waals surface area contributed by atoms with E-state index in [9.17, 15) is 0 Å². The molecule has 0 saturated carbocycles. The Bertz CT molecular complexity index is 304. The van der Waals surface area contributed by atoms with Crippen molar-refractivity contribution in [3.05, 3.63) is 21.9 Å². The third kappa shape index (κ3) is 7.08. The molecule has 0 aromatic carbocycles. The first-order chi connectivity index (χ1) is 8.86. The highest BCUT2D eigenvalue weighted by atomic mass is 32.1. The minimum atomic E-state index is 0.645. The van der Waals surface area contributed by atoms with Crippen LogP contribution >= 0.6 is 11.3 Å². The van der Waals surface area contributed by atoms with Crippen LogP contribution in [0.25, 0.3) is 0 Å². The summed E-state index contributed by atoms with van der Waals surface area (Å²) in [7, 11) is 3.66. The van der Waals surface area contributed by atoms with Gasteiger partial charge < -0.3 is 19.5 Å². The van der Waals surface area contributed by atoms with E-state index >= 15 is 0 Å². The first-order valence-corrected chi connectivity index (χ1v) is 7.05. The molecule has 0 aliphatic heterocycles. The number of ether oxygens (including phenoxy) is 3. The van der Waals surface area contributed by atoms with Gasteiger partial charge in [-0.15, -0.1) is 11.3 Å². The fourth-order valence-corrected chi connectivity index (χ4v) is 2.43. The zero-order valence-electron chi connectivity index (χ0n) is 11.2. The first kappa shape index (κ1) is 15.6. The summed E-state index contributed by atoms with van der Waals surface area (Å²) >= 11 is 1.79. The van der Waals surface area contributed by atoms with Crippen molar-refractivity contribution in [1.82, 2.24) is 5.32 Å². The lowest BCUT2D eigenvalue weighted by Gasteiger charge is -2.04. The SMILES string of the molecule is CNCc1ccc(COCCOCCCOC)s1. The van der Waals surface area contributed by atoms with Gasteiger partial charge in [-0.05, 0) is 25.6 Å². The Morgan fingerprint density at radius 2 is 1.83 bits per heavy atom. The normalized spacial score (nSPS) is 11.0. The third-order valence-corrected chi connectivity index (χ3v) is 3.38. The van der Waals surface area contributed by atoms with Crippen molar-refractivity contribution in [2.45, 2.75) is 19.6 Å². The minimum absolute atomic E-state index is 0.645. The standard InChI is InChI=1S/C13H23NO3S/c1-14-10-12-4-5-13(18-12)11-17-9-8-16-7-3-6-15-2/h4-5,14H,3,6-11H2,1-2H3. The molecule has 0 atom stereocenters. The van der Waals surface area contributed by atoms with Gasteiger partial charge in [-0.2, -0.15) is 0 Å². The quantitative estimate of drug-likeness (QED) is 0.626. The number of hydrogen-bond acceptors (Lipinski definition) is 5. The molecule has 104 valence electrons. The second-order valence-corrected chi connectivity index (χ2v) is 5.16. The molecule has 18 heavy (non-hydrogen) atoms. The maximum absolute atomic E-state index is 5.55. The molecular weight excluding hydrogens is 250 g/mol. The molecule has 1 aromatic rings. The summed E-state index contributed by atoms with van der Waals surface area (Å²) in [6.45, 7) is 4.39. The molecule has 1 aromatic heterocycles. The first-order valence-electron chi connectivity index (χ1n) is 6.23. The summed E-state index contributed by atoms with van der Waals surface area (Å²) in [4.78, 5) is 2.60. The van der Waals surface area contributed by atoms with Crippen LogP contribution in [0.4, 0.5) is 0 Å². The van der Waals surface area contributed by atoms with Gasteiger partial charge in [0, 0.05) is 36.6 Å². The summed E-state index contributed by atoms with van der Waals surface area (Å²) in [5.41, 5.74) is 0. The predicted octanol–water partition coefficient (Wildman–Crippen LogP) is 2.04. The van der Waals surface area contributed by atoms with Crippen LogP contribution < -0.4 is 5.32 Å². The van der Waals surface area contributed by atoms with E-state index in [4.69, 9.17) is 14.2 Å². The number of rotatable bonds is 11. The number of thiophene rings is 1. The molecule has 1 N–H and O–H groups in total. The van der Waals surface area contributed by atoms with Gasteiger partial charge in [0.1, 0.15) is 0 Å². The Kier molecular flexibility index (Phi) is 9.06.